The van der Waals surface area contributed by atoms with Crippen molar-refractivity contribution >= 4 is 27.7 Å². The zero-order chi connectivity index (χ0) is 16.0. The molecule has 4 aromatic rings. The lowest BCUT2D eigenvalue weighted by atomic mass is 10.0. The fourth-order valence-corrected chi connectivity index (χ4v) is 2.88. The normalized spacial score (nSPS) is 11.3. The molecule has 0 spiro atoms. The number of aromatic amines is 1. The first kappa shape index (κ1) is 13.5. The van der Waals surface area contributed by atoms with Crippen LogP contribution in [0.3, 0.4) is 0 Å². The van der Waals surface area contributed by atoms with Crippen molar-refractivity contribution in [3.63, 3.8) is 0 Å². The number of nitrogens with zero attached hydrogens (tertiary/aromatic N) is 3. The van der Waals surface area contributed by atoms with Crippen LogP contribution in [-0.4, -0.2) is 25.9 Å². The van der Waals surface area contributed by atoms with Crippen molar-refractivity contribution in [3.8, 4) is 0 Å². The molecule has 3 N–H and O–H groups in total. The van der Waals surface area contributed by atoms with Crippen molar-refractivity contribution in [3.05, 3.63) is 59.4 Å². The molecule has 1 amide bonds. The van der Waals surface area contributed by atoms with E-state index in [-0.39, 0.29) is 0 Å². The lowest BCUT2D eigenvalue weighted by Gasteiger charge is -2.02. The largest absolute Gasteiger partial charge is 0.366 e. The molecule has 0 radical (unpaired) electrons. The van der Waals surface area contributed by atoms with Gasteiger partial charge in [0.15, 0.2) is 0 Å². The maximum Gasteiger partial charge on any atom is 0.248 e. The summed E-state index contributed by atoms with van der Waals surface area (Å²) in [4.78, 5) is 11.4. The molecule has 2 aromatic heterocycles. The molecule has 0 fully saturated rings. The van der Waals surface area contributed by atoms with E-state index in [1.54, 1.807) is 18.2 Å². The molecule has 4 rings (SSSR count). The van der Waals surface area contributed by atoms with E-state index in [4.69, 9.17) is 5.73 Å². The molecule has 0 bridgehead atoms. The van der Waals surface area contributed by atoms with Crippen LogP contribution in [0, 0.1) is 0 Å². The van der Waals surface area contributed by atoms with Crippen LogP contribution in [0.5, 0.6) is 0 Å². The van der Waals surface area contributed by atoms with Crippen LogP contribution >= 0.6 is 0 Å². The van der Waals surface area contributed by atoms with Gasteiger partial charge in [-0.25, -0.2) is 0 Å². The number of nitrogens with one attached hydrogen (secondary N) is 1. The maximum absolute atomic E-state index is 11.4. The summed E-state index contributed by atoms with van der Waals surface area (Å²) in [5, 5.41) is 13.6. The van der Waals surface area contributed by atoms with Crippen molar-refractivity contribution in [2.45, 2.75) is 6.42 Å². The minimum atomic E-state index is -0.434. The van der Waals surface area contributed by atoms with Gasteiger partial charge in [-0.05, 0) is 35.9 Å². The highest BCUT2D eigenvalue weighted by atomic mass is 16.1. The Labute approximate surface area is 131 Å². The second kappa shape index (κ2) is 4.95. The van der Waals surface area contributed by atoms with Crippen LogP contribution in [0.1, 0.15) is 21.6 Å². The molecular weight excluding hydrogens is 290 g/mol. The summed E-state index contributed by atoms with van der Waals surface area (Å²) in [7, 11) is 1.93. The zero-order valence-electron chi connectivity index (χ0n) is 12.6. The van der Waals surface area contributed by atoms with Crippen LogP contribution in [0.25, 0.3) is 21.8 Å². The molecule has 0 unspecified atom stereocenters. The standard InChI is InChI=1S/C17H15N5O/c1-22-16-5-2-10(6-12(16)9-19-22)7-15-13-8-11(17(18)23)3-4-14(13)20-21-15/h2-6,8-9H,7H2,1H3,(H2,18,23)(H,20,21). The number of benzene rings is 2. The van der Waals surface area contributed by atoms with Crippen molar-refractivity contribution in [1.82, 2.24) is 20.0 Å². The topological polar surface area (TPSA) is 89.6 Å². The Bertz CT molecular complexity index is 1040. The summed E-state index contributed by atoms with van der Waals surface area (Å²) in [5.74, 6) is -0.434. The van der Waals surface area contributed by atoms with E-state index in [0.29, 0.717) is 12.0 Å². The Morgan fingerprint density at radius 1 is 1.26 bits per heavy atom. The van der Waals surface area contributed by atoms with Crippen LogP contribution in [0.4, 0.5) is 0 Å². The third-order valence-corrected chi connectivity index (χ3v) is 4.11. The summed E-state index contributed by atoms with van der Waals surface area (Å²) in [6.45, 7) is 0. The minimum absolute atomic E-state index is 0.434. The van der Waals surface area contributed by atoms with Crippen LogP contribution in [0.2, 0.25) is 0 Å². The number of carbonyl (C=O) groups excluding carboxylic acids is 1. The molecule has 0 atom stereocenters. The van der Waals surface area contributed by atoms with Crippen molar-refractivity contribution in [1.29, 1.82) is 0 Å². The highest BCUT2D eigenvalue weighted by Gasteiger charge is 2.10. The first-order chi connectivity index (χ1) is 11.1. The fourth-order valence-electron chi connectivity index (χ4n) is 2.88. The summed E-state index contributed by atoms with van der Waals surface area (Å²) in [6, 6.07) is 11.5. The monoisotopic (exact) mass is 305 g/mol. The van der Waals surface area contributed by atoms with Crippen molar-refractivity contribution in [2.24, 2.45) is 12.8 Å². The fraction of sp³-hybridized carbons (Fsp3) is 0.118. The van der Waals surface area contributed by atoms with Gasteiger partial charge in [0, 0.05) is 35.5 Å². The number of carbonyl (C=O) groups is 1. The van der Waals surface area contributed by atoms with E-state index >= 15 is 0 Å². The van der Waals surface area contributed by atoms with Gasteiger partial charge < -0.3 is 5.73 Å². The number of primary amides is 1. The van der Waals surface area contributed by atoms with E-state index < -0.39 is 5.91 Å². The first-order valence-corrected chi connectivity index (χ1v) is 7.29. The molecule has 0 saturated heterocycles. The van der Waals surface area contributed by atoms with Gasteiger partial charge >= 0.3 is 0 Å². The highest BCUT2D eigenvalue weighted by Crippen LogP contribution is 2.22. The number of hydrogen-bond donors (Lipinski definition) is 2. The lowest BCUT2D eigenvalue weighted by molar-refractivity contribution is 0.100. The Morgan fingerprint density at radius 2 is 2.13 bits per heavy atom. The molecule has 0 saturated carbocycles. The van der Waals surface area contributed by atoms with Crippen molar-refractivity contribution in [2.75, 3.05) is 0 Å². The van der Waals surface area contributed by atoms with E-state index in [1.165, 1.54) is 0 Å². The van der Waals surface area contributed by atoms with Crippen LogP contribution < -0.4 is 5.73 Å². The molecule has 0 aliphatic carbocycles. The number of rotatable bonds is 3. The summed E-state index contributed by atoms with van der Waals surface area (Å²) < 4.78 is 1.85. The number of amides is 1. The van der Waals surface area contributed by atoms with E-state index in [9.17, 15) is 4.79 Å². The lowest BCUT2D eigenvalue weighted by Crippen LogP contribution is -2.10. The van der Waals surface area contributed by atoms with E-state index in [1.807, 2.05) is 17.9 Å². The molecule has 2 heterocycles. The third-order valence-electron chi connectivity index (χ3n) is 4.11. The second-order valence-corrected chi connectivity index (χ2v) is 5.64. The SMILES string of the molecule is Cn1ncc2cc(Cc3[nH]nc4ccc(C(N)=O)cc34)ccc21. The number of aryl methyl sites for hydroxylation is 1. The van der Waals surface area contributed by atoms with Gasteiger partial charge in [-0.3, -0.25) is 14.6 Å². The molecular formula is C17H15N5O. The molecule has 23 heavy (non-hydrogen) atoms. The Morgan fingerprint density at radius 3 is 2.96 bits per heavy atom. The highest BCUT2D eigenvalue weighted by molar-refractivity contribution is 5.97. The molecule has 114 valence electrons. The van der Waals surface area contributed by atoms with Gasteiger partial charge in [0.25, 0.3) is 0 Å². The van der Waals surface area contributed by atoms with Gasteiger partial charge in [0.1, 0.15) is 0 Å². The molecule has 6 heteroatoms. The first-order valence-electron chi connectivity index (χ1n) is 7.29. The van der Waals surface area contributed by atoms with E-state index in [2.05, 4.69) is 33.5 Å². The van der Waals surface area contributed by atoms with Gasteiger partial charge in [0.05, 0.1) is 17.2 Å². The Balaban J connectivity index is 1.75. The molecule has 0 aliphatic rings. The number of aromatic nitrogens is 4. The van der Waals surface area contributed by atoms with E-state index in [0.717, 1.165) is 33.1 Å². The Kier molecular flexibility index (Phi) is 2.90. The number of hydrogen-bond acceptors (Lipinski definition) is 3. The smallest absolute Gasteiger partial charge is 0.248 e. The summed E-state index contributed by atoms with van der Waals surface area (Å²) in [5.41, 5.74) is 9.89. The average molecular weight is 305 g/mol. The third kappa shape index (κ3) is 2.24. The molecule has 6 nitrogen and oxygen atoms in total. The predicted octanol–water partition coefficient (Wildman–Crippen LogP) is 2.14. The maximum atomic E-state index is 11.4. The van der Waals surface area contributed by atoms with Gasteiger partial charge in [-0.1, -0.05) is 6.07 Å². The molecule has 0 aliphatic heterocycles. The number of nitrogens with two attached hydrogens (primary N) is 1. The molecule has 2 aromatic carbocycles. The Hall–Kier alpha value is -3.15. The number of fused-ring (bicyclic) bond motifs is 2. The zero-order valence-corrected chi connectivity index (χ0v) is 12.6. The quantitative estimate of drug-likeness (QED) is 0.607. The van der Waals surface area contributed by atoms with Gasteiger partial charge in [-0.15, -0.1) is 0 Å². The predicted molar refractivity (Wildman–Crippen MR) is 88.1 cm³/mol. The van der Waals surface area contributed by atoms with Gasteiger partial charge in [0.2, 0.25) is 5.91 Å². The number of H-pyrrole nitrogens is 1. The van der Waals surface area contributed by atoms with Crippen molar-refractivity contribution < 1.29 is 4.79 Å². The minimum Gasteiger partial charge on any atom is -0.366 e. The average Bonchev–Trinajstić information content (AvgIpc) is 3.11. The summed E-state index contributed by atoms with van der Waals surface area (Å²) in [6.07, 6.45) is 2.55. The van der Waals surface area contributed by atoms with Gasteiger partial charge in [-0.2, -0.15) is 10.2 Å². The summed E-state index contributed by atoms with van der Waals surface area (Å²) >= 11 is 0. The second-order valence-electron chi connectivity index (χ2n) is 5.64. The van der Waals surface area contributed by atoms with Crippen LogP contribution in [-0.2, 0) is 13.5 Å². The van der Waals surface area contributed by atoms with Crippen LogP contribution in [0.15, 0.2) is 42.6 Å².